The van der Waals surface area contributed by atoms with Gasteiger partial charge in [-0.15, -0.1) is 11.3 Å². The molecule has 0 N–H and O–H groups in total. The number of hydrogen-bond acceptors (Lipinski definition) is 4. The van der Waals surface area contributed by atoms with Crippen LogP contribution in [0.1, 0.15) is 0 Å². The quantitative estimate of drug-likeness (QED) is 0.184. The van der Waals surface area contributed by atoms with Crippen LogP contribution in [0.2, 0.25) is 0 Å². The van der Waals surface area contributed by atoms with E-state index in [1.165, 1.54) is 52.5 Å². The van der Waals surface area contributed by atoms with Crippen molar-refractivity contribution in [3.8, 4) is 17.2 Å². The van der Waals surface area contributed by atoms with E-state index in [9.17, 15) is 0 Å². The first-order valence-corrected chi connectivity index (χ1v) is 18.0. The lowest BCUT2D eigenvalue weighted by Crippen LogP contribution is -2.03. The van der Waals surface area contributed by atoms with E-state index in [2.05, 4.69) is 156 Å². The summed E-state index contributed by atoms with van der Waals surface area (Å²) < 4.78 is 11.2. The minimum Gasteiger partial charge on any atom is -0.456 e. The fourth-order valence-electron chi connectivity index (χ4n) is 8.41. The van der Waals surface area contributed by atoms with Crippen LogP contribution in [0.4, 0.5) is 0 Å². The zero-order chi connectivity index (χ0) is 33.2. The maximum Gasteiger partial charge on any atom is 0.235 e. The molecular weight excluding hydrogens is 643 g/mol. The molecule has 0 atom stereocenters. The van der Waals surface area contributed by atoms with Crippen molar-refractivity contribution < 1.29 is 4.42 Å². The molecule has 0 fully saturated rings. The fourth-order valence-corrected chi connectivity index (χ4v) is 9.67. The number of fused-ring (bicyclic) bond motifs is 16. The number of furan rings is 1. The standard InChI is InChI=1S/C46H25N3OS/c1-2-12-28-26(11-1)21-24-38-40(28)34-25-27(22-23-37(34)50-38)43-31-15-5-8-18-35(31)47-46(48-43)49-36-19-9-6-16-32(36)41-29-13-3-4-14-30(29)42-33-17-7-10-20-39(33)51-45(42)44(41)49/h1-25H. The number of hydrogen-bond donors (Lipinski definition) is 0. The minimum absolute atomic E-state index is 0.659. The second kappa shape index (κ2) is 10.0. The van der Waals surface area contributed by atoms with Gasteiger partial charge in [0.15, 0.2) is 0 Å². The van der Waals surface area contributed by atoms with Gasteiger partial charge in [-0.1, -0.05) is 109 Å². The molecule has 0 amide bonds. The molecule has 12 rings (SSSR count). The second-order valence-corrected chi connectivity index (χ2v) is 14.3. The van der Waals surface area contributed by atoms with Gasteiger partial charge in [0.05, 0.1) is 26.9 Å². The van der Waals surface area contributed by atoms with Crippen LogP contribution >= 0.6 is 11.3 Å². The summed E-state index contributed by atoms with van der Waals surface area (Å²) in [6.07, 6.45) is 0. The van der Waals surface area contributed by atoms with E-state index in [0.717, 1.165) is 55.1 Å². The third-order valence-corrected chi connectivity index (χ3v) is 11.8. The maximum atomic E-state index is 6.38. The van der Waals surface area contributed by atoms with E-state index < -0.39 is 0 Å². The van der Waals surface area contributed by atoms with Crippen LogP contribution in [-0.2, 0) is 0 Å². The Balaban J connectivity index is 1.22. The van der Waals surface area contributed by atoms with Crippen LogP contribution in [-0.4, -0.2) is 14.5 Å². The highest BCUT2D eigenvalue weighted by Gasteiger charge is 2.24. The molecule has 0 radical (unpaired) electrons. The first kappa shape index (κ1) is 27.3. The summed E-state index contributed by atoms with van der Waals surface area (Å²) in [6.45, 7) is 0. The fraction of sp³-hybridized carbons (Fsp3) is 0. The largest absolute Gasteiger partial charge is 0.456 e. The first-order valence-electron chi connectivity index (χ1n) is 17.2. The zero-order valence-corrected chi connectivity index (χ0v) is 27.9. The lowest BCUT2D eigenvalue weighted by molar-refractivity contribution is 0.669. The smallest absolute Gasteiger partial charge is 0.235 e. The van der Waals surface area contributed by atoms with Gasteiger partial charge in [0, 0.05) is 48.0 Å². The second-order valence-electron chi connectivity index (χ2n) is 13.3. The maximum absolute atomic E-state index is 6.38. The van der Waals surface area contributed by atoms with E-state index in [0.29, 0.717) is 5.95 Å². The molecule has 51 heavy (non-hydrogen) atoms. The van der Waals surface area contributed by atoms with E-state index in [1.54, 1.807) is 0 Å². The lowest BCUT2D eigenvalue weighted by Gasteiger charge is -2.13. The summed E-state index contributed by atoms with van der Waals surface area (Å²) in [5.74, 6) is 0.659. The SMILES string of the molecule is c1ccc2c(c1)ccc1oc3ccc(-c4nc(-n5c6ccccc6c6c7ccccc7c7c8ccccc8sc7c65)nc5ccccc45)cc3c12. The van der Waals surface area contributed by atoms with Crippen molar-refractivity contribution >= 4 is 108 Å². The van der Waals surface area contributed by atoms with Crippen molar-refractivity contribution in [2.75, 3.05) is 0 Å². The molecular formula is C46H25N3OS. The molecule has 8 aromatic carbocycles. The average molecular weight is 668 g/mol. The molecule has 0 saturated heterocycles. The summed E-state index contributed by atoms with van der Waals surface area (Å²) in [5, 5.41) is 13.1. The van der Waals surface area contributed by atoms with Crippen molar-refractivity contribution in [3.63, 3.8) is 0 Å². The van der Waals surface area contributed by atoms with Gasteiger partial charge in [-0.25, -0.2) is 9.97 Å². The Kier molecular flexibility index (Phi) is 5.35. The van der Waals surface area contributed by atoms with Gasteiger partial charge in [-0.3, -0.25) is 4.57 Å². The van der Waals surface area contributed by atoms with E-state index in [4.69, 9.17) is 14.4 Å². The molecule has 0 spiro atoms. The third-order valence-electron chi connectivity index (χ3n) is 10.6. The Bertz CT molecular complexity index is 3440. The number of aromatic nitrogens is 3. The molecule has 0 unspecified atom stereocenters. The highest BCUT2D eigenvalue weighted by molar-refractivity contribution is 7.27. The highest BCUT2D eigenvalue weighted by Crippen LogP contribution is 2.48. The Morgan fingerprint density at radius 3 is 2.06 bits per heavy atom. The van der Waals surface area contributed by atoms with Crippen molar-refractivity contribution in [2.24, 2.45) is 0 Å². The van der Waals surface area contributed by atoms with Gasteiger partial charge in [-0.05, 0) is 64.0 Å². The molecule has 5 heteroatoms. The molecule has 0 saturated carbocycles. The van der Waals surface area contributed by atoms with Gasteiger partial charge in [0.2, 0.25) is 5.95 Å². The number of para-hydroxylation sites is 2. The predicted molar refractivity (Wildman–Crippen MR) is 214 cm³/mol. The molecule has 0 bridgehead atoms. The molecule has 0 aliphatic carbocycles. The summed E-state index contributed by atoms with van der Waals surface area (Å²) in [7, 11) is 0. The number of nitrogens with zero attached hydrogens (tertiary/aromatic N) is 3. The van der Waals surface area contributed by atoms with Gasteiger partial charge < -0.3 is 4.42 Å². The van der Waals surface area contributed by atoms with Crippen molar-refractivity contribution in [2.45, 2.75) is 0 Å². The summed E-state index contributed by atoms with van der Waals surface area (Å²) in [4.78, 5) is 10.8. The van der Waals surface area contributed by atoms with Crippen molar-refractivity contribution in [3.05, 3.63) is 152 Å². The normalized spacial score (nSPS) is 12.3. The topological polar surface area (TPSA) is 43.9 Å². The van der Waals surface area contributed by atoms with E-state index in [1.807, 2.05) is 11.3 Å². The average Bonchev–Trinajstić information content (AvgIpc) is 3.87. The Labute approximate surface area is 294 Å². The molecule has 4 heterocycles. The van der Waals surface area contributed by atoms with Crippen LogP contribution in [0.5, 0.6) is 0 Å². The van der Waals surface area contributed by atoms with Gasteiger partial charge >= 0.3 is 0 Å². The number of rotatable bonds is 2. The Morgan fingerprint density at radius 2 is 1.18 bits per heavy atom. The minimum atomic E-state index is 0.659. The molecule has 4 aromatic heterocycles. The molecule has 236 valence electrons. The number of thiophene rings is 1. The van der Waals surface area contributed by atoms with E-state index in [-0.39, 0.29) is 0 Å². The first-order chi connectivity index (χ1) is 25.3. The summed E-state index contributed by atoms with van der Waals surface area (Å²) >= 11 is 1.85. The lowest BCUT2D eigenvalue weighted by atomic mass is 9.99. The molecule has 12 aromatic rings. The van der Waals surface area contributed by atoms with E-state index >= 15 is 0 Å². The zero-order valence-electron chi connectivity index (χ0n) is 27.1. The molecule has 4 nitrogen and oxygen atoms in total. The van der Waals surface area contributed by atoms with Crippen molar-refractivity contribution in [1.29, 1.82) is 0 Å². The van der Waals surface area contributed by atoms with Gasteiger partial charge in [0.1, 0.15) is 11.2 Å². The van der Waals surface area contributed by atoms with Gasteiger partial charge in [-0.2, -0.15) is 0 Å². The summed E-state index contributed by atoms with van der Waals surface area (Å²) in [5.41, 5.74) is 6.81. The summed E-state index contributed by atoms with van der Waals surface area (Å²) in [6, 6.07) is 53.9. The molecule has 0 aliphatic rings. The Morgan fingerprint density at radius 1 is 0.490 bits per heavy atom. The van der Waals surface area contributed by atoms with Crippen LogP contribution in [0, 0.1) is 0 Å². The molecule has 0 aliphatic heterocycles. The van der Waals surface area contributed by atoms with Crippen LogP contribution in [0.3, 0.4) is 0 Å². The van der Waals surface area contributed by atoms with Crippen LogP contribution < -0.4 is 0 Å². The monoisotopic (exact) mass is 667 g/mol. The van der Waals surface area contributed by atoms with Crippen molar-refractivity contribution in [1.82, 2.24) is 14.5 Å². The van der Waals surface area contributed by atoms with Crippen LogP contribution in [0.15, 0.2) is 156 Å². The van der Waals surface area contributed by atoms with Crippen LogP contribution in [0.25, 0.3) is 114 Å². The highest BCUT2D eigenvalue weighted by atomic mass is 32.1. The van der Waals surface area contributed by atoms with Gasteiger partial charge in [0.25, 0.3) is 0 Å². The third kappa shape index (κ3) is 3.68. The number of benzene rings is 8. The predicted octanol–water partition coefficient (Wildman–Crippen LogP) is 13.0. The Hall–Kier alpha value is -6.56.